The summed E-state index contributed by atoms with van der Waals surface area (Å²) in [5, 5.41) is 3.13. The third-order valence-corrected chi connectivity index (χ3v) is 3.60. The Morgan fingerprint density at radius 2 is 2.24 bits per heavy atom. The molecule has 0 fully saturated rings. The van der Waals surface area contributed by atoms with Crippen LogP contribution in [0.15, 0.2) is 18.6 Å². The average Bonchev–Trinajstić information content (AvgIpc) is 2.86. The molecule has 0 radical (unpaired) electrons. The van der Waals surface area contributed by atoms with Crippen LogP contribution in [0.1, 0.15) is 11.3 Å². The average molecular weight is 245 g/mol. The van der Waals surface area contributed by atoms with Crippen LogP contribution in [0.2, 0.25) is 0 Å². The molecule has 0 spiro atoms. The molecule has 5 nitrogen and oxygen atoms in total. The molecule has 0 bridgehead atoms. The summed E-state index contributed by atoms with van der Waals surface area (Å²) in [4.78, 5) is 17.2. The highest BCUT2D eigenvalue weighted by atomic mass is 32.2. The van der Waals surface area contributed by atoms with E-state index in [0.717, 1.165) is 28.7 Å². The Bertz CT molecular complexity index is 543. The van der Waals surface area contributed by atoms with Gasteiger partial charge in [-0.05, 0) is 6.07 Å². The summed E-state index contributed by atoms with van der Waals surface area (Å²) >= 11 is 1.86. The Morgan fingerprint density at radius 1 is 1.29 bits per heavy atom. The fourth-order valence-corrected chi connectivity index (χ4v) is 2.84. The Morgan fingerprint density at radius 3 is 3.00 bits per heavy atom. The van der Waals surface area contributed by atoms with E-state index < -0.39 is 0 Å². The van der Waals surface area contributed by atoms with Crippen molar-refractivity contribution in [1.82, 2.24) is 19.9 Å². The highest BCUT2D eigenvalue weighted by molar-refractivity contribution is 7.98. The van der Waals surface area contributed by atoms with Crippen LogP contribution in [0.25, 0.3) is 11.5 Å². The van der Waals surface area contributed by atoms with Crippen molar-refractivity contribution >= 4 is 17.6 Å². The van der Waals surface area contributed by atoms with Gasteiger partial charge in [0.25, 0.3) is 0 Å². The number of hydrogen-bond donors (Lipinski definition) is 1. The summed E-state index contributed by atoms with van der Waals surface area (Å²) in [5.41, 5.74) is 3.09. The molecule has 0 aromatic carbocycles. The number of rotatable bonds is 2. The van der Waals surface area contributed by atoms with Gasteiger partial charge in [0.05, 0.1) is 5.69 Å². The van der Waals surface area contributed by atoms with Gasteiger partial charge in [0.2, 0.25) is 0 Å². The van der Waals surface area contributed by atoms with Crippen LogP contribution in [0, 0.1) is 0 Å². The van der Waals surface area contributed by atoms with Crippen molar-refractivity contribution in [3.63, 3.8) is 0 Å². The summed E-state index contributed by atoms with van der Waals surface area (Å²) in [5.74, 6) is 3.51. The molecular formula is C11H11N5S. The predicted octanol–water partition coefficient (Wildman–Crippen LogP) is 1.72. The van der Waals surface area contributed by atoms with Crippen LogP contribution < -0.4 is 5.32 Å². The number of fused-ring (bicyclic) bond motifs is 1. The molecule has 0 aliphatic carbocycles. The summed E-state index contributed by atoms with van der Waals surface area (Å²) in [6.45, 7) is 0. The normalized spacial score (nSPS) is 13.5. The van der Waals surface area contributed by atoms with Crippen LogP contribution in [-0.2, 0) is 11.5 Å². The summed E-state index contributed by atoms with van der Waals surface area (Å²) in [6, 6.07) is 1.82. The number of aromatic nitrogens is 4. The lowest BCUT2D eigenvalue weighted by Gasteiger charge is -2.08. The number of nitrogens with zero attached hydrogens (tertiary/aromatic N) is 4. The van der Waals surface area contributed by atoms with E-state index in [4.69, 9.17) is 0 Å². The number of thioether (sulfide) groups is 1. The zero-order valence-electron chi connectivity index (χ0n) is 9.34. The SMILES string of the molecule is CNc1nc(-c2ccncn2)nc2c1CSC2. The first-order valence-corrected chi connectivity index (χ1v) is 6.45. The van der Waals surface area contributed by atoms with Gasteiger partial charge >= 0.3 is 0 Å². The second kappa shape index (κ2) is 4.29. The van der Waals surface area contributed by atoms with Gasteiger partial charge in [0.1, 0.15) is 17.8 Å². The molecule has 3 heterocycles. The minimum atomic E-state index is 0.665. The quantitative estimate of drug-likeness (QED) is 0.869. The van der Waals surface area contributed by atoms with Crippen molar-refractivity contribution in [2.24, 2.45) is 0 Å². The van der Waals surface area contributed by atoms with Crippen LogP contribution in [0.5, 0.6) is 0 Å². The maximum absolute atomic E-state index is 4.57. The minimum Gasteiger partial charge on any atom is -0.373 e. The summed E-state index contributed by atoms with van der Waals surface area (Å²) < 4.78 is 0. The van der Waals surface area contributed by atoms with E-state index in [0.29, 0.717) is 5.82 Å². The van der Waals surface area contributed by atoms with Crippen LogP contribution in [-0.4, -0.2) is 27.0 Å². The van der Waals surface area contributed by atoms with E-state index in [1.165, 1.54) is 11.9 Å². The van der Waals surface area contributed by atoms with Crippen LogP contribution in [0.3, 0.4) is 0 Å². The topological polar surface area (TPSA) is 63.6 Å². The third kappa shape index (κ3) is 1.84. The van der Waals surface area contributed by atoms with E-state index >= 15 is 0 Å². The largest absolute Gasteiger partial charge is 0.373 e. The zero-order valence-corrected chi connectivity index (χ0v) is 10.2. The highest BCUT2D eigenvalue weighted by Crippen LogP contribution is 2.33. The number of hydrogen-bond acceptors (Lipinski definition) is 6. The van der Waals surface area contributed by atoms with Gasteiger partial charge in [0.15, 0.2) is 5.82 Å². The Hall–Kier alpha value is -1.69. The van der Waals surface area contributed by atoms with E-state index in [9.17, 15) is 0 Å². The predicted molar refractivity (Wildman–Crippen MR) is 67.6 cm³/mol. The van der Waals surface area contributed by atoms with Gasteiger partial charge in [-0.1, -0.05) is 0 Å². The third-order valence-electron chi connectivity index (χ3n) is 2.63. The molecule has 3 rings (SSSR count). The van der Waals surface area contributed by atoms with Crippen LogP contribution in [0.4, 0.5) is 5.82 Å². The lowest BCUT2D eigenvalue weighted by atomic mass is 10.2. The number of anilines is 1. The first kappa shape index (κ1) is 10.5. The standard InChI is InChI=1S/C11H11N5S/c1-12-10-7-4-17-5-9(7)15-11(16-10)8-2-3-13-6-14-8/h2-3,6H,4-5H2,1H3,(H,12,15,16). The van der Waals surface area contributed by atoms with Gasteiger partial charge < -0.3 is 5.32 Å². The first-order chi connectivity index (χ1) is 8.38. The maximum Gasteiger partial charge on any atom is 0.180 e. The van der Waals surface area contributed by atoms with Gasteiger partial charge in [0, 0.05) is 30.3 Å². The summed E-state index contributed by atoms with van der Waals surface area (Å²) in [7, 11) is 1.88. The van der Waals surface area contributed by atoms with Gasteiger partial charge in [-0.2, -0.15) is 11.8 Å². The molecule has 1 N–H and O–H groups in total. The molecule has 0 saturated carbocycles. The molecule has 6 heteroatoms. The number of nitrogens with one attached hydrogen (secondary N) is 1. The molecule has 0 unspecified atom stereocenters. The Labute approximate surface area is 103 Å². The van der Waals surface area contributed by atoms with E-state index in [1.807, 2.05) is 24.9 Å². The van der Waals surface area contributed by atoms with E-state index in [1.54, 1.807) is 6.20 Å². The molecule has 0 amide bonds. The molecule has 1 aliphatic rings. The smallest absolute Gasteiger partial charge is 0.180 e. The van der Waals surface area contributed by atoms with Crippen molar-refractivity contribution in [1.29, 1.82) is 0 Å². The van der Waals surface area contributed by atoms with Crippen molar-refractivity contribution < 1.29 is 0 Å². The molecule has 2 aromatic rings. The molecular weight excluding hydrogens is 234 g/mol. The first-order valence-electron chi connectivity index (χ1n) is 5.30. The fraction of sp³-hybridized carbons (Fsp3) is 0.273. The fourth-order valence-electron chi connectivity index (χ4n) is 1.80. The van der Waals surface area contributed by atoms with Crippen molar-refractivity contribution in [3.05, 3.63) is 29.8 Å². The lowest BCUT2D eigenvalue weighted by molar-refractivity contribution is 1.04. The lowest BCUT2D eigenvalue weighted by Crippen LogP contribution is -2.04. The van der Waals surface area contributed by atoms with E-state index in [2.05, 4.69) is 25.3 Å². The van der Waals surface area contributed by atoms with Crippen LogP contribution >= 0.6 is 11.8 Å². The van der Waals surface area contributed by atoms with Gasteiger partial charge in [-0.3, -0.25) is 0 Å². The molecule has 0 saturated heterocycles. The Balaban J connectivity index is 2.13. The zero-order chi connectivity index (χ0) is 11.7. The van der Waals surface area contributed by atoms with Crippen molar-refractivity contribution in [2.45, 2.75) is 11.5 Å². The molecule has 86 valence electrons. The van der Waals surface area contributed by atoms with Crippen molar-refractivity contribution in [2.75, 3.05) is 12.4 Å². The molecule has 17 heavy (non-hydrogen) atoms. The highest BCUT2D eigenvalue weighted by Gasteiger charge is 2.19. The monoisotopic (exact) mass is 245 g/mol. The second-order valence-electron chi connectivity index (χ2n) is 3.66. The molecule has 0 atom stereocenters. The van der Waals surface area contributed by atoms with E-state index in [-0.39, 0.29) is 0 Å². The summed E-state index contributed by atoms with van der Waals surface area (Å²) in [6.07, 6.45) is 3.21. The maximum atomic E-state index is 4.57. The van der Waals surface area contributed by atoms with Crippen molar-refractivity contribution in [3.8, 4) is 11.5 Å². The van der Waals surface area contributed by atoms with Gasteiger partial charge in [-0.25, -0.2) is 19.9 Å². The molecule has 1 aliphatic heterocycles. The molecule has 2 aromatic heterocycles. The van der Waals surface area contributed by atoms with Gasteiger partial charge in [-0.15, -0.1) is 0 Å². The second-order valence-corrected chi connectivity index (χ2v) is 4.64. The minimum absolute atomic E-state index is 0.665. The Kier molecular flexibility index (Phi) is 2.64.